The first-order chi connectivity index (χ1) is 45.1. The Hall–Kier alpha value is -9.96. The normalized spacial score (nSPS) is 15.2. The molecule has 0 atom stereocenters. The molecule has 0 fully saturated rings. The molecule has 0 N–H and O–H groups in total. The standard InChI is InChI=1S/C91H79NO2/c1-85(2,3)58-35-45-81-77(49-58)90(78-50-59(86(4,5)6)36-46-82(78)93-81)72-33-23-20-30-66(72)69-43-40-63(54-75(69)90)92(62-39-42-68-65-29-19-22-32-71(65)89(74(68)53-62,56-25-15-13-16-26-56)57-27-17-14-18-28-57)64-41-44-70-67-31-21-24-34-73(67)91(76(70)55-64)79-51-60(87(7,8)9)37-47-83(79)94-84-48-38-61(52-80(84)91)88(10,11)12/h13-55H,1-12H3. The first-order valence-electron chi connectivity index (χ1n) is 33.7. The number of anilines is 3. The number of rotatable bonds is 5. The molecule has 94 heavy (non-hydrogen) atoms. The molecule has 0 radical (unpaired) electrons. The monoisotopic (exact) mass is 1220 g/mol. The highest BCUT2D eigenvalue weighted by atomic mass is 16.5. The van der Waals surface area contributed by atoms with E-state index in [1.165, 1.54) is 100 Å². The van der Waals surface area contributed by atoms with Crippen LogP contribution in [0.3, 0.4) is 0 Å². The Morgan fingerprint density at radius 2 is 0.479 bits per heavy atom. The van der Waals surface area contributed by atoms with Crippen molar-refractivity contribution < 1.29 is 9.47 Å². The van der Waals surface area contributed by atoms with Crippen molar-refractivity contribution in [1.29, 1.82) is 0 Å². The minimum atomic E-state index is -0.761. The Kier molecular flexibility index (Phi) is 12.3. The molecule has 460 valence electrons. The van der Waals surface area contributed by atoms with Crippen LogP contribution < -0.4 is 14.4 Å². The predicted molar refractivity (Wildman–Crippen MR) is 388 cm³/mol. The summed E-state index contributed by atoms with van der Waals surface area (Å²) in [4.78, 5) is 2.59. The Balaban J connectivity index is 0.995. The van der Waals surface area contributed by atoms with Crippen molar-refractivity contribution in [2.75, 3.05) is 4.90 Å². The zero-order chi connectivity index (χ0) is 64.6. The van der Waals surface area contributed by atoms with Gasteiger partial charge in [-0.1, -0.05) is 259 Å². The summed E-state index contributed by atoms with van der Waals surface area (Å²) in [6, 6.07) is 100. The first kappa shape index (κ1) is 57.9. The summed E-state index contributed by atoms with van der Waals surface area (Å²) in [6.45, 7) is 27.9. The molecule has 3 aliphatic carbocycles. The maximum atomic E-state index is 7.21. The van der Waals surface area contributed by atoms with Crippen LogP contribution in [-0.4, -0.2) is 0 Å². The van der Waals surface area contributed by atoms with Gasteiger partial charge < -0.3 is 14.4 Å². The molecule has 3 nitrogen and oxygen atoms in total. The maximum Gasteiger partial charge on any atom is 0.132 e. The van der Waals surface area contributed by atoms with E-state index in [4.69, 9.17) is 9.47 Å². The van der Waals surface area contributed by atoms with Gasteiger partial charge in [0.05, 0.1) is 16.2 Å². The van der Waals surface area contributed by atoms with Gasteiger partial charge >= 0.3 is 0 Å². The van der Waals surface area contributed by atoms with E-state index >= 15 is 0 Å². The summed E-state index contributed by atoms with van der Waals surface area (Å²) in [5.74, 6) is 3.54. The average Bonchev–Trinajstić information content (AvgIpc) is 1.47. The molecular weight excluding hydrogens is 1140 g/mol. The molecule has 0 saturated heterocycles. The van der Waals surface area contributed by atoms with Crippen molar-refractivity contribution in [1.82, 2.24) is 0 Å². The van der Waals surface area contributed by atoms with Gasteiger partial charge in [0.25, 0.3) is 0 Å². The molecule has 2 heterocycles. The highest BCUT2D eigenvalue weighted by Gasteiger charge is 2.55. The largest absolute Gasteiger partial charge is 0.457 e. The lowest BCUT2D eigenvalue weighted by molar-refractivity contribution is 0.433. The molecule has 2 spiro atoms. The summed E-state index contributed by atoms with van der Waals surface area (Å²) in [5.41, 5.74) is 27.6. The summed E-state index contributed by atoms with van der Waals surface area (Å²) < 4.78 is 14.4. The van der Waals surface area contributed by atoms with Gasteiger partial charge in [0, 0.05) is 39.3 Å². The topological polar surface area (TPSA) is 21.7 Å². The van der Waals surface area contributed by atoms with Crippen LogP contribution in [0.2, 0.25) is 0 Å². The van der Waals surface area contributed by atoms with Gasteiger partial charge in [-0.05, 0) is 207 Å². The fourth-order valence-corrected chi connectivity index (χ4v) is 17.0. The molecule has 17 rings (SSSR count). The Morgan fingerprint density at radius 3 is 0.777 bits per heavy atom. The predicted octanol–water partition coefficient (Wildman–Crippen LogP) is 23.6. The van der Waals surface area contributed by atoms with E-state index in [0.717, 1.165) is 62.3 Å². The van der Waals surface area contributed by atoms with E-state index in [1.807, 2.05) is 0 Å². The van der Waals surface area contributed by atoms with Crippen LogP contribution in [0, 0.1) is 0 Å². The molecule has 12 aromatic rings. The van der Waals surface area contributed by atoms with Crippen LogP contribution in [0.4, 0.5) is 17.1 Å². The fourth-order valence-electron chi connectivity index (χ4n) is 17.0. The maximum absolute atomic E-state index is 7.21. The van der Waals surface area contributed by atoms with E-state index in [0.29, 0.717) is 0 Å². The van der Waals surface area contributed by atoms with E-state index in [-0.39, 0.29) is 21.7 Å². The van der Waals surface area contributed by atoms with Crippen molar-refractivity contribution in [3.05, 3.63) is 350 Å². The third kappa shape index (κ3) is 8.09. The van der Waals surface area contributed by atoms with Gasteiger partial charge in [0.15, 0.2) is 0 Å². The molecular formula is C91H79NO2. The second-order valence-electron chi connectivity index (χ2n) is 31.2. The van der Waals surface area contributed by atoms with Crippen LogP contribution in [0.25, 0.3) is 33.4 Å². The summed E-state index contributed by atoms with van der Waals surface area (Å²) in [6.07, 6.45) is 0. The molecule has 5 aliphatic rings. The highest BCUT2D eigenvalue weighted by molar-refractivity contribution is 5.96. The average molecular weight is 1220 g/mol. The minimum absolute atomic E-state index is 0.135. The second kappa shape index (κ2) is 20.0. The van der Waals surface area contributed by atoms with Crippen molar-refractivity contribution in [2.45, 2.75) is 121 Å². The summed E-state index contributed by atoms with van der Waals surface area (Å²) >= 11 is 0. The molecule has 0 amide bonds. The first-order valence-corrected chi connectivity index (χ1v) is 33.7. The van der Waals surface area contributed by atoms with Crippen LogP contribution in [0.1, 0.15) is 172 Å². The molecule has 0 unspecified atom stereocenters. The zero-order valence-corrected chi connectivity index (χ0v) is 56.1. The van der Waals surface area contributed by atoms with Crippen LogP contribution >= 0.6 is 0 Å². The Bertz CT molecular complexity index is 4730. The van der Waals surface area contributed by atoms with E-state index in [9.17, 15) is 0 Å². The van der Waals surface area contributed by atoms with Crippen molar-refractivity contribution >= 4 is 17.1 Å². The molecule has 12 aromatic carbocycles. The third-order valence-electron chi connectivity index (χ3n) is 21.7. The van der Waals surface area contributed by atoms with Crippen LogP contribution in [-0.2, 0) is 37.9 Å². The molecule has 2 aliphatic heterocycles. The lowest BCUT2D eigenvalue weighted by atomic mass is 9.64. The lowest BCUT2D eigenvalue weighted by Crippen LogP contribution is -2.34. The van der Waals surface area contributed by atoms with E-state index in [1.54, 1.807) is 0 Å². The second-order valence-corrected chi connectivity index (χ2v) is 31.2. The number of hydrogen-bond acceptors (Lipinski definition) is 3. The molecule has 0 saturated carbocycles. The highest BCUT2D eigenvalue weighted by Crippen LogP contribution is 2.67. The minimum Gasteiger partial charge on any atom is -0.457 e. The van der Waals surface area contributed by atoms with Crippen molar-refractivity contribution in [2.24, 2.45) is 0 Å². The lowest BCUT2D eigenvalue weighted by Gasteiger charge is -2.42. The molecule has 3 heteroatoms. The van der Waals surface area contributed by atoms with Crippen LogP contribution in [0.15, 0.2) is 261 Å². The van der Waals surface area contributed by atoms with Gasteiger partial charge in [-0.15, -0.1) is 0 Å². The summed E-state index contributed by atoms with van der Waals surface area (Å²) in [5, 5.41) is 0. The SMILES string of the molecule is CC(C)(C)c1ccc2c(c1)C1(c3cc(C(C)(C)C)ccc3O2)c2ccccc2-c2ccc(N(c3ccc4c(c3)C(c3ccccc3)(c3ccccc3)c3ccccc3-4)c3ccc4c(c3)C3(c5cc(C(C)(C)C)ccc5Oc5ccc(C(C)(C)C)cc53)c3ccccc3-4)cc21. The van der Waals surface area contributed by atoms with Gasteiger partial charge in [0.1, 0.15) is 23.0 Å². The quantitative estimate of drug-likeness (QED) is 0.171. The van der Waals surface area contributed by atoms with Gasteiger partial charge in [0.2, 0.25) is 0 Å². The zero-order valence-electron chi connectivity index (χ0n) is 56.1. The number of ether oxygens (including phenoxy) is 2. The molecule has 0 aromatic heterocycles. The number of fused-ring (bicyclic) bond motifs is 21. The van der Waals surface area contributed by atoms with Gasteiger partial charge in [-0.25, -0.2) is 0 Å². The van der Waals surface area contributed by atoms with E-state index < -0.39 is 16.2 Å². The Labute approximate surface area is 555 Å². The van der Waals surface area contributed by atoms with E-state index in [2.05, 4.69) is 349 Å². The Morgan fingerprint density at radius 1 is 0.223 bits per heavy atom. The fraction of sp³-hybridized carbons (Fsp3) is 0.209. The summed E-state index contributed by atoms with van der Waals surface area (Å²) in [7, 11) is 0. The van der Waals surface area contributed by atoms with Crippen molar-refractivity contribution in [3.8, 4) is 56.4 Å². The van der Waals surface area contributed by atoms with Gasteiger partial charge in [-0.3, -0.25) is 0 Å². The number of hydrogen-bond donors (Lipinski definition) is 0. The third-order valence-corrected chi connectivity index (χ3v) is 21.7. The van der Waals surface area contributed by atoms with Gasteiger partial charge in [-0.2, -0.15) is 0 Å². The number of nitrogens with zero attached hydrogens (tertiary/aromatic N) is 1. The van der Waals surface area contributed by atoms with Crippen molar-refractivity contribution in [3.63, 3.8) is 0 Å². The number of benzene rings is 12. The smallest absolute Gasteiger partial charge is 0.132 e. The molecule has 0 bridgehead atoms. The van der Waals surface area contributed by atoms with Crippen LogP contribution in [0.5, 0.6) is 23.0 Å².